The topological polar surface area (TPSA) is 58.6 Å². The van der Waals surface area contributed by atoms with Crippen molar-refractivity contribution in [3.05, 3.63) is 28.8 Å². The van der Waals surface area contributed by atoms with Gasteiger partial charge in [-0.1, -0.05) is 11.6 Å². The molecule has 17 heavy (non-hydrogen) atoms. The highest BCUT2D eigenvalue weighted by atomic mass is 35.5. The number of phenolic OH excluding ortho intramolecular Hbond substituents is 1. The molecule has 0 fully saturated rings. The number of carbonyl (C=O) groups excluding carboxylic acids is 1. The average Bonchev–Trinajstić information content (AvgIpc) is 2.29. The Morgan fingerprint density at radius 2 is 2.29 bits per heavy atom. The van der Waals surface area contributed by atoms with E-state index in [1.807, 2.05) is 13.8 Å². The van der Waals surface area contributed by atoms with Gasteiger partial charge >= 0.3 is 0 Å². The molecule has 1 unspecified atom stereocenters. The zero-order valence-electron chi connectivity index (χ0n) is 9.87. The van der Waals surface area contributed by atoms with Gasteiger partial charge in [-0.3, -0.25) is 4.79 Å². The van der Waals surface area contributed by atoms with Crippen molar-refractivity contribution in [2.45, 2.75) is 20.0 Å². The van der Waals surface area contributed by atoms with E-state index < -0.39 is 0 Å². The van der Waals surface area contributed by atoms with Gasteiger partial charge in [-0.15, -0.1) is 0 Å². The molecule has 94 valence electrons. The summed E-state index contributed by atoms with van der Waals surface area (Å²) in [6.07, 6.45) is -0.0555. The zero-order chi connectivity index (χ0) is 12.8. The number of aromatic hydroxyl groups is 1. The Hall–Kier alpha value is -1.26. The number of nitrogens with one attached hydrogen (secondary N) is 1. The molecule has 0 heterocycles. The lowest BCUT2D eigenvalue weighted by atomic mass is 10.2. The molecule has 5 heteroatoms. The van der Waals surface area contributed by atoms with Crippen LogP contribution < -0.4 is 5.32 Å². The van der Waals surface area contributed by atoms with Crippen LogP contribution in [-0.4, -0.2) is 30.3 Å². The van der Waals surface area contributed by atoms with Crippen LogP contribution in [0.5, 0.6) is 5.75 Å². The summed E-state index contributed by atoms with van der Waals surface area (Å²) >= 11 is 5.86. The van der Waals surface area contributed by atoms with Gasteiger partial charge in [0.2, 0.25) is 0 Å². The van der Waals surface area contributed by atoms with Crippen LogP contribution >= 0.6 is 11.6 Å². The van der Waals surface area contributed by atoms with E-state index in [4.69, 9.17) is 16.3 Å². The Labute approximate surface area is 106 Å². The first-order valence-corrected chi connectivity index (χ1v) is 5.80. The third-order valence-electron chi connectivity index (χ3n) is 2.20. The van der Waals surface area contributed by atoms with Gasteiger partial charge in [0.05, 0.1) is 16.7 Å². The van der Waals surface area contributed by atoms with E-state index in [-0.39, 0.29) is 23.3 Å². The predicted octanol–water partition coefficient (Wildman–Crippen LogP) is 2.20. The first kappa shape index (κ1) is 13.8. The maximum absolute atomic E-state index is 11.8. The molecule has 1 atom stereocenters. The van der Waals surface area contributed by atoms with Crippen molar-refractivity contribution < 1.29 is 14.6 Å². The number of hydrogen-bond donors (Lipinski definition) is 2. The number of hydrogen-bond acceptors (Lipinski definition) is 3. The lowest BCUT2D eigenvalue weighted by Gasteiger charge is -2.13. The molecule has 0 bridgehead atoms. The van der Waals surface area contributed by atoms with Crippen LogP contribution in [0.2, 0.25) is 5.02 Å². The van der Waals surface area contributed by atoms with Gasteiger partial charge in [0.25, 0.3) is 5.91 Å². The number of benzene rings is 1. The molecule has 2 N–H and O–H groups in total. The molecule has 0 aliphatic carbocycles. The van der Waals surface area contributed by atoms with Crippen molar-refractivity contribution in [1.82, 2.24) is 5.32 Å². The number of rotatable bonds is 5. The molecule has 0 saturated carbocycles. The number of amides is 1. The quantitative estimate of drug-likeness (QED) is 0.850. The maximum atomic E-state index is 11.8. The monoisotopic (exact) mass is 257 g/mol. The lowest BCUT2D eigenvalue weighted by Crippen LogP contribution is -2.32. The third-order valence-corrected chi connectivity index (χ3v) is 2.53. The van der Waals surface area contributed by atoms with E-state index in [0.717, 1.165) is 0 Å². The number of carbonyl (C=O) groups is 1. The Kier molecular flexibility index (Phi) is 5.25. The predicted molar refractivity (Wildman–Crippen MR) is 66.5 cm³/mol. The van der Waals surface area contributed by atoms with Crippen molar-refractivity contribution >= 4 is 17.5 Å². The Morgan fingerprint density at radius 3 is 2.94 bits per heavy atom. The van der Waals surface area contributed by atoms with E-state index in [2.05, 4.69) is 5.32 Å². The SMILES string of the molecule is CCOC(C)CNC(=O)c1cc(O)ccc1Cl. The third kappa shape index (κ3) is 4.24. The van der Waals surface area contributed by atoms with E-state index in [0.29, 0.717) is 18.2 Å². The van der Waals surface area contributed by atoms with Crippen LogP contribution in [0.4, 0.5) is 0 Å². The van der Waals surface area contributed by atoms with Crippen molar-refractivity contribution in [2.75, 3.05) is 13.2 Å². The second-order valence-corrected chi connectivity index (χ2v) is 4.05. The number of ether oxygens (including phenoxy) is 1. The minimum atomic E-state index is -0.322. The zero-order valence-corrected chi connectivity index (χ0v) is 10.6. The summed E-state index contributed by atoms with van der Waals surface area (Å²) in [7, 11) is 0. The average molecular weight is 258 g/mol. The van der Waals surface area contributed by atoms with Crippen molar-refractivity contribution in [2.24, 2.45) is 0 Å². The second kappa shape index (κ2) is 6.47. The summed E-state index contributed by atoms with van der Waals surface area (Å²) in [5.74, 6) is -0.310. The molecular weight excluding hydrogens is 242 g/mol. The molecule has 0 spiro atoms. The van der Waals surface area contributed by atoms with Crippen molar-refractivity contribution in [1.29, 1.82) is 0 Å². The Morgan fingerprint density at radius 1 is 1.59 bits per heavy atom. The van der Waals surface area contributed by atoms with Crippen LogP contribution in [0.15, 0.2) is 18.2 Å². The molecule has 4 nitrogen and oxygen atoms in total. The van der Waals surface area contributed by atoms with Gasteiger partial charge in [0.1, 0.15) is 5.75 Å². The fourth-order valence-corrected chi connectivity index (χ4v) is 1.57. The van der Waals surface area contributed by atoms with Crippen LogP contribution in [0.25, 0.3) is 0 Å². The molecule has 0 aliphatic rings. The highest BCUT2D eigenvalue weighted by molar-refractivity contribution is 6.33. The molecule has 0 aliphatic heterocycles. The van der Waals surface area contributed by atoms with E-state index >= 15 is 0 Å². The molecule has 1 amide bonds. The molecule has 0 radical (unpaired) electrons. The minimum Gasteiger partial charge on any atom is -0.508 e. The van der Waals surface area contributed by atoms with E-state index in [1.165, 1.54) is 18.2 Å². The lowest BCUT2D eigenvalue weighted by molar-refractivity contribution is 0.0695. The van der Waals surface area contributed by atoms with Crippen LogP contribution in [0.3, 0.4) is 0 Å². The number of halogens is 1. The highest BCUT2D eigenvalue weighted by Crippen LogP contribution is 2.20. The summed E-state index contributed by atoms with van der Waals surface area (Å²) in [6, 6.07) is 4.25. The Bertz CT molecular complexity index is 395. The van der Waals surface area contributed by atoms with Crippen LogP contribution in [-0.2, 0) is 4.74 Å². The Balaban J connectivity index is 2.61. The van der Waals surface area contributed by atoms with Gasteiger partial charge < -0.3 is 15.2 Å². The highest BCUT2D eigenvalue weighted by Gasteiger charge is 2.12. The standard InChI is InChI=1S/C12H16ClNO3/c1-3-17-8(2)7-14-12(16)10-6-9(15)4-5-11(10)13/h4-6,8,15H,3,7H2,1-2H3,(H,14,16). The molecule has 1 aromatic carbocycles. The molecular formula is C12H16ClNO3. The van der Waals surface area contributed by atoms with Crippen LogP contribution in [0.1, 0.15) is 24.2 Å². The first-order chi connectivity index (χ1) is 8.04. The molecule has 0 aromatic heterocycles. The smallest absolute Gasteiger partial charge is 0.253 e. The van der Waals surface area contributed by atoms with Crippen LogP contribution in [0, 0.1) is 0 Å². The van der Waals surface area contributed by atoms with Gasteiger partial charge in [0.15, 0.2) is 0 Å². The minimum absolute atomic E-state index is 0.0115. The molecule has 1 aromatic rings. The van der Waals surface area contributed by atoms with Gasteiger partial charge in [-0.25, -0.2) is 0 Å². The van der Waals surface area contributed by atoms with E-state index in [9.17, 15) is 9.90 Å². The maximum Gasteiger partial charge on any atom is 0.253 e. The van der Waals surface area contributed by atoms with Gasteiger partial charge in [0, 0.05) is 13.2 Å². The normalized spacial score (nSPS) is 12.2. The summed E-state index contributed by atoms with van der Waals surface area (Å²) in [5.41, 5.74) is 0.260. The summed E-state index contributed by atoms with van der Waals surface area (Å²) in [6.45, 7) is 4.76. The van der Waals surface area contributed by atoms with E-state index in [1.54, 1.807) is 0 Å². The molecule has 1 rings (SSSR count). The largest absolute Gasteiger partial charge is 0.508 e. The fraction of sp³-hybridized carbons (Fsp3) is 0.417. The summed E-state index contributed by atoms with van der Waals surface area (Å²) in [5, 5.41) is 12.3. The second-order valence-electron chi connectivity index (χ2n) is 3.64. The van der Waals surface area contributed by atoms with Gasteiger partial charge in [-0.2, -0.15) is 0 Å². The summed E-state index contributed by atoms with van der Waals surface area (Å²) < 4.78 is 5.28. The van der Waals surface area contributed by atoms with Crippen molar-refractivity contribution in [3.8, 4) is 5.75 Å². The summed E-state index contributed by atoms with van der Waals surface area (Å²) in [4.78, 5) is 11.8. The fourth-order valence-electron chi connectivity index (χ4n) is 1.36. The van der Waals surface area contributed by atoms with Gasteiger partial charge in [-0.05, 0) is 32.0 Å². The first-order valence-electron chi connectivity index (χ1n) is 5.43. The molecule has 0 saturated heterocycles. The number of phenols is 1. The van der Waals surface area contributed by atoms with Crippen molar-refractivity contribution in [3.63, 3.8) is 0 Å².